The standard InChI is InChI=1S/C24H23ClF3N5O2S2/c25-17-7-14-12-33(15-1-2-15)5-3-13(14)8-18(17)31-23-30-10-16(24(26,27)28)22(32-23)19-9-21-20(36-19)11-29-4-6-37(21,34)35/h7-10,15,29H,1-6,11-12H2,(H,30,31,32). The SMILES string of the molecule is O=S1(=O)CCNCc2sc(-c3nc(Nc4cc5c(cc4Cl)CN(C4CC4)CC5)ncc3C(F)(F)F)cc21. The first-order chi connectivity index (χ1) is 17.6. The molecule has 13 heteroatoms. The van der Waals surface area contributed by atoms with Gasteiger partial charge in [0.05, 0.1) is 31.9 Å². The highest BCUT2D eigenvalue weighted by Gasteiger charge is 2.37. The van der Waals surface area contributed by atoms with E-state index in [2.05, 4.69) is 25.5 Å². The Morgan fingerprint density at radius 3 is 2.76 bits per heavy atom. The van der Waals surface area contributed by atoms with Crippen molar-refractivity contribution in [3.05, 3.63) is 51.0 Å². The van der Waals surface area contributed by atoms with E-state index in [9.17, 15) is 21.6 Å². The molecule has 2 aliphatic heterocycles. The highest BCUT2D eigenvalue weighted by molar-refractivity contribution is 7.91. The van der Waals surface area contributed by atoms with Gasteiger partial charge in [0.15, 0.2) is 9.84 Å². The summed E-state index contributed by atoms with van der Waals surface area (Å²) in [5.74, 6) is -0.168. The van der Waals surface area contributed by atoms with Gasteiger partial charge in [-0.15, -0.1) is 11.3 Å². The molecule has 3 aliphatic rings. The van der Waals surface area contributed by atoms with Crippen LogP contribution in [-0.4, -0.2) is 48.2 Å². The van der Waals surface area contributed by atoms with Gasteiger partial charge in [-0.05, 0) is 48.6 Å². The van der Waals surface area contributed by atoms with Crippen molar-refractivity contribution >= 4 is 44.4 Å². The summed E-state index contributed by atoms with van der Waals surface area (Å²) in [6.45, 7) is 2.34. The summed E-state index contributed by atoms with van der Waals surface area (Å²) in [6.07, 6.45) is -0.677. The molecule has 7 nitrogen and oxygen atoms in total. The van der Waals surface area contributed by atoms with Gasteiger partial charge in [0.25, 0.3) is 0 Å². The molecular weight excluding hydrogens is 547 g/mol. The molecule has 1 aliphatic carbocycles. The first-order valence-corrected chi connectivity index (χ1v) is 14.8. The van der Waals surface area contributed by atoms with Gasteiger partial charge in [-0.3, -0.25) is 4.90 Å². The predicted octanol–water partition coefficient (Wildman–Crippen LogP) is 5.02. The van der Waals surface area contributed by atoms with Crippen molar-refractivity contribution in [3.63, 3.8) is 0 Å². The van der Waals surface area contributed by atoms with Gasteiger partial charge >= 0.3 is 6.18 Å². The number of hydrogen-bond acceptors (Lipinski definition) is 8. The highest BCUT2D eigenvalue weighted by Crippen LogP contribution is 2.42. The number of fused-ring (bicyclic) bond motifs is 2. The number of hydrogen-bond donors (Lipinski definition) is 2. The summed E-state index contributed by atoms with van der Waals surface area (Å²) < 4.78 is 66.9. The number of sulfone groups is 1. The second-order valence-corrected chi connectivity index (χ2v) is 13.1. The molecule has 4 heterocycles. The quantitative estimate of drug-likeness (QED) is 0.456. The lowest BCUT2D eigenvalue weighted by molar-refractivity contribution is -0.137. The Morgan fingerprint density at radius 1 is 1.19 bits per heavy atom. The van der Waals surface area contributed by atoms with Gasteiger partial charge in [-0.25, -0.2) is 18.4 Å². The fraction of sp³-hybridized carbons (Fsp3) is 0.417. The number of thiophene rings is 1. The average molecular weight is 570 g/mol. The van der Waals surface area contributed by atoms with E-state index in [4.69, 9.17) is 11.6 Å². The van der Waals surface area contributed by atoms with Gasteiger partial charge in [-0.2, -0.15) is 13.2 Å². The molecule has 1 fully saturated rings. The largest absolute Gasteiger partial charge is 0.420 e. The zero-order valence-corrected chi connectivity index (χ0v) is 21.9. The van der Waals surface area contributed by atoms with Crippen molar-refractivity contribution in [1.82, 2.24) is 20.2 Å². The van der Waals surface area contributed by atoms with Crippen LogP contribution in [0.2, 0.25) is 5.02 Å². The second-order valence-electron chi connectivity index (χ2n) is 9.52. The molecule has 37 heavy (non-hydrogen) atoms. The number of nitrogens with one attached hydrogen (secondary N) is 2. The zero-order chi connectivity index (χ0) is 25.9. The molecule has 196 valence electrons. The fourth-order valence-electron chi connectivity index (χ4n) is 4.84. The minimum atomic E-state index is -4.72. The van der Waals surface area contributed by atoms with E-state index < -0.39 is 21.6 Å². The molecule has 2 aromatic heterocycles. The number of alkyl halides is 3. The first-order valence-electron chi connectivity index (χ1n) is 11.9. The Labute approximate surface area is 221 Å². The van der Waals surface area contributed by atoms with Gasteiger partial charge in [-0.1, -0.05) is 11.6 Å². The molecule has 1 aromatic carbocycles. The summed E-state index contributed by atoms with van der Waals surface area (Å²) in [5.41, 5.74) is 1.40. The number of aromatic nitrogens is 2. The average Bonchev–Trinajstić information content (AvgIpc) is 3.62. The lowest BCUT2D eigenvalue weighted by Crippen LogP contribution is -2.32. The van der Waals surface area contributed by atoms with E-state index in [-0.39, 0.29) is 40.3 Å². The lowest BCUT2D eigenvalue weighted by Gasteiger charge is -2.29. The monoisotopic (exact) mass is 569 g/mol. The summed E-state index contributed by atoms with van der Waals surface area (Å²) in [4.78, 5) is 11.2. The van der Waals surface area contributed by atoms with Crippen molar-refractivity contribution < 1.29 is 21.6 Å². The zero-order valence-electron chi connectivity index (χ0n) is 19.5. The Bertz CT molecular complexity index is 1490. The third-order valence-corrected chi connectivity index (χ3v) is 10.3. The third kappa shape index (κ3) is 4.97. The van der Waals surface area contributed by atoms with Gasteiger partial charge in [0, 0.05) is 43.3 Å². The Balaban J connectivity index is 1.36. The van der Waals surface area contributed by atoms with Crippen molar-refractivity contribution in [2.45, 2.75) is 49.5 Å². The van der Waals surface area contributed by atoms with Crippen LogP contribution in [0.25, 0.3) is 10.6 Å². The van der Waals surface area contributed by atoms with Crippen LogP contribution >= 0.6 is 22.9 Å². The molecule has 0 saturated heterocycles. The van der Waals surface area contributed by atoms with Crippen LogP contribution in [0.1, 0.15) is 34.4 Å². The molecular formula is C24H23ClF3N5O2S2. The molecule has 6 rings (SSSR count). The van der Waals surface area contributed by atoms with E-state index in [0.717, 1.165) is 48.2 Å². The number of nitrogens with zero attached hydrogens (tertiary/aromatic N) is 3. The van der Waals surface area contributed by atoms with Crippen LogP contribution in [0.3, 0.4) is 0 Å². The van der Waals surface area contributed by atoms with Crippen LogP contribution in [0.4, 0.5) is 24.8 Å². The maximum Gasteiger partial charge on any atom is 0.420 e. The summed E-state index contributed by atoms with van der Waals surface area (Å²) in [7, 11) is -3.61. The first kappa shape index (κ1) is 25.1. The minimum Gasteiger partial charge on any atom is -0.323 e. The van der Waals surface area contributed by atoms with Gasteiger partial charge in [0.2, 0.25) is 5.95 Å². The van der Waals surface area contributed by atoms with E-state index in [1.165, 1.54) is 18.9 Å². The summed E-state index contributed by atoms with van der Waals surface area (Å²) in [5, 5.41) is 6.42. The van der Waals surface area contributed by atoms with Crippen LogP contribution < -0.4 is 10.6 Å². The molecule has 1 saturated carbocycles. The number of halogens is 4. The van der Waals surface area contributed by atoms with Crippen LogP contribution in [-0.2, 0) is 35.5 Å². The molecule has 0 amide bonds. The molecule has 0 atom stereocenters. The highest BCUT2D eigenvalue weighted by atomic mass is 35.5. The van der Waals surface area contributed by atoms with Crippen LogP contribution in [0.15, 0.2) is 29.3 Å². The molecule has 0 unspecified atom stereocenters. The van der Waals surface area contributed by atoms with Crippen molar-refractivity contribution in [1.29, 1.82) is 0 Å². The van der Waals surface area contributed by atoms with E-state index in [1.807, 2.05) is 12.1 Å². The van der Waals surface area contributed by atoms with Crippen molar-refractivity contribution in [3.8, 4) is 10.6 Å². The second kappa shape index (κ2) is 9.19. The van der Waals surface area contributed by atoms with Crippen molar-refractivity contribution in [2.75, 3.05) is 24.2 Å². The number of rotatable bonds is 4. The van der Waals surface area contributed by atoms with Gasteiger partial charge in [0.1, 0.15) is 5.56 Å². The molecule has 0 radical (unpaired) electrons. The molecule has 2 N–H and O–H groups in total. The van der Waals surface area contributed by atoms with E-state index >= 15 is 0 Å². The van der Waals surface area contributed by atoms with E-state index in [1.54, 1.807) is 0 Å². The number of benzene rings is 1. The molecule has 0 spiro atoms. The van der Waals surface area contributed by atoms with Crippen LogP contribution in [0, 0.1) is 0 Å². The Kier molecular flexibility index (Phi) is 6.22. The third-order valence-electron chi connectivity index (χ3n) is 6.91. The smallest absolute Gasteiger partial charge is 0.323 e. The summed E-state index contributed by atoms with van der Waals surface area (Å²) >= 11 is 7.53. The van der Waals surface area contributed by atoms with E-state index in [0.29, 0.717) is 21.6 Å². The predicted molar refractivity (Wildman–Crippen MR) is 136 cm³/mol. The van der Waals surface area contributed by atoms with Crippen molar-refractivity contribution in [2.24, 2.45) is 0 Å². The molecule has 0 bridgehead atoms. The fourth-order valence-corrected chi connectivity index (χ4v) is 8.03. The van der Waals surface area contributed by atoms with Gasteiger partial charge < -0.3 is 10.6 Å². The minimum absolute atomic E-state index is 0.0511. The van der Waals surface area contributed by atoms with Crippen LogP contribution in [0.5, 0.6) is 0 Å². The topological polar surface area (TPSA) is 87.2 Å². The lowest BCUT2D eigenvalue weighted by atomic mass is 9.99. The summed E-state index contributed by atoms with van der Waals surface area (Å²) in [6, 6.07) is 5.75. The Morgan fingerprint density at radius 2 is 2.00 bits per heavy atom. The Hall–Kier alpha value is -2.25. The maximum absolute atomic E-state index is 13.9. The normalized spacial score (nSPS) is 19.7. The maximum atomic E-state index is 13.9. The molecule has 3 aromatic rings. The number of anilines is 2.